The van der Waals surface area contributed by atoms with E-state index in [1.54, 1.807) is 19.2 Å². The Labute approximate surface area is 139 Å². The van der Waals surface area contributed by atoms with Crippen LogP contribution >= 0.6 is 11.6 Å². The molecule has 2 heterocycles. The topological polar surface area (TPSA) is 66.6 Å². The van der Waals surface area contributed by atoms with E-state index >= 15 is 0 Å². The molecule has 0 saturated heterocycles. The lowest BCUT2D eigenvalue weighted by Crippen LogP contribution is -2.05. The first-order chi connectivity index (χ1) is 11.3. The van der Waals surface area contributed by atoms with Crippen LogP contribution in [0.15, 0.2) is 47.3 Å². The van der Waals surface area contributed by atoms with E-state index in [9.17, 15) is 13.2 Å². The highest BCUT2D eigenvalue weighted by Crippen LogP contribution is 2.30. The van der Waals surface area contributed by atoms with Crippen molar-refractivity contribution in [1.29, 1.82) is 5.41 Å². The summed E-state index contributed by atoms with van der Waals surface area (Å²) < 4.78 is 39.8. The van der Waals surface area contributed by atoms with Gasteiger partial charge in [0.05, 0.1) is 11.3 Å². The van der Waals surface area contributed by atoms with Crippen LogP contribution in [-0.2, 0) is 13.2 Å². The fraction of sp³-hybridized carbons (Fsp3) is 0.133. The molecule has 3 rings (SSSR count). The third-order valence-corrected chi connectivity index (χ3v) is 3.64. The number of anilines is 1. The summed E-state index contributed by atoms with van der Waals surface area (Å²) in [6.45, 7) is 0. The molecule has 2 N–H and O–H groups in total. The Kier molecular flexibility index (Phi) is 3.92. The number of imidazole rings is 1. The van der Waals surface area contributed by atoms with Gasteiger partial charge in [-0.15, -0.1) is 0 Å². The van der Waals surface area contributed by atoms with Gasteiger partial charge in [0.2, 0.25) is 5.95 Å². The molecule has 2 aromatic rings. The van der Waals surface area contributed by atoms with Gasteiger partial charge in [-0.3, -0.25) is 4.57 Å². The van der Waals surface area contributed by atoms with Crippen molar-refractivity contribution in [2.75, 3.05) is 5.32 Å². The van der Waals surface area contributed by atoms with Crippen molar-refractivity contribution < 1.29 is 13.2 Å². The summed E-state index contributed by atoms with van der Waals surface area (Å²) in [4.78, 5) is 7.94. The van der Waals surface area contributed by atoms with Crippen LogP contribution in [-0.4, -0.2) is 20.2 Å². The molecule has 0 saturated carbocycles. The second kappa shape index (κ2) is 5.79. The van der Waals surface area contributed by atoms with E-state index in [4.69, 9.17) is 17.0 Å². The molecule has 0 spiro atoms. The van der Waals surface area contributed by atoms with Gasteiger partial charge in [-0.2, -0.15) is 13.2 Å². The average molecular weight is 354 g/mol. The van der Waals surface area contributed by atoms with Gasteiger partial charge < -0.3 is 10.7 Å². The van der Waals surface area contributed by atoms with Gasteiger partial charge in [0.1, 0.15) is 5.52 Å². The number of alkyl halides is 3. The molecule has 0 amide bonds. The summed E-state index contributed by atoms with van der Waals surface area (Å²) in [7, 11) is 1.63. The highest BCUT2D eigenvalue weighted by molar-refractivity contribution is 6.34. The summed E-state index contributed by atoms with van der Waals surface area (Å²) in [5.74, 6) is 0.311. The normalized spacial score (nSPS) is 16.8. The second-order valence-electron chi connectivity index (χ2n) is 5.08. The third kappa shape index (κ3) is 3.05. The number of aryl methyl sites for hydroxylation is 1. The summed E-state index contributed by atoms with van der Waals surface area (Å²) >= 11 is 5.79. The number of hydrogen-bond acceptors (Lipinski definition) is 4. The molecule has 0 aromatic carbocycles. The molecular formula is C15H11ClF3N5. The minimum atomic E-state index is -4.47. The van der Waals surface area contributed by atoms with E-state index in [1.807, 2.05) is 0 Å². The number of aromatic nitrogens is 3. The van der Waals surface area contributed by atoms with E-state index in [0.29, 0.717) is 22.2 Å². The Hall–Kier alpha value is -2.61. The maximum atomic E-state index is 12.7. The summed E-state index contributed by atoms with van der Waals surface area (Å²) in [6, 6.07) is 0.950. The molecule has 1 aliphatic carbocycles. The van der Waals surface area contributed by atoms with Crippen molar-refractivity contribution in [3.8, 4) is 0 Å². The Bertz CT molecular complexity index is 921. The van der Waals surface area contributed by atoms with Crippen LogP contribution < -0.4 is 5.32 Å². The number of hydrogen-bond donors (Lipinski definition) is 2. The molecule has 0 fully saturated rings. The van der Waals surface area contributed by atoms with Gasteiger partial charge in [0.25, 0.3) is 0 Å². The molecule has 9 heteroatoms. The summed E-state index contributed by atoms with van der Waals surface area (Å²) in [5, 5.41) is 11.1. The lowest BCUT2D eigenvalue weighted by atomic mass is 10.1. The molecule has 1 aliphatic rings. The molecular weight excluding hydrogens is 343 g/mol. The molecule has 0 radical (unpaired) electrons. The largest absolute Gasteiger partial charge is 0.417 e. The maximum Gasteiger partial charge on any atom is 0.417 e. The van der Waals surface area contributed by atoms with Crippen molar-refractivity contribution in [2.45, 2.75) is 6.18 Å². The molecule has 2 aromatic heterocycles. The number of nitrogens with zero attached hydrogens (tertiary/aromatic N) is 3. The molecule has 0 bridgehead atoms. The number of allylic oxidation sites excluding steroid dienone is 5. The average Bonchev–Trinajstić information content (AvgIpc) is 2.81. The van der Waals surface area contributed by atoms with Crippen LogP contribution in [0.5, 0.6) is 0 Å². The number of nitrogens with one attached hydrogen (secondary N) is 2. The van der Waals surface area contributed by atoms with Crippen molar-refractivity contribution in [2.24, 2.45) is 7.05 Å². The first-order valence-electron chi connectivity index (χ1n) is 6.76. The molecule has 0 unspecified atom stereocenters. The first-order valence-corrected chi connectivity index (χ1v) is 7.14. The zero-order chi connectivity index (χ0) is 17.5. The van der Waals surface area contributed by atoms with Crippen LogP contribution in [0.3, 0.4) is 0 Å². The smallest absolute Gasteiger partial charge is 0.331 e. The van der Waals surface area contributed by atoms with Gasteiger partial charge in [-0.25, -0.2) is 9.97 Å². The van der Waals surface area contributed by atoms with Crippen molar-refractivity contribution in [3.05, 3.63) is 52.9 Å². The predicted octanol–water partition coefficient (Wildman–Crippen LogP) is 4.00. The molecule has 0 atom stereocenters. The zero-order valence-electron chi connectivity index (χ0n) is 12.3. The quantitative estimate of drug-likeness (QED) is 0.857. The lowest BCUT2D eigenvalue weighted by Gasteiger charge is -2.07. The number of halogens is 4. The van der Waals surface area contributed by atoms with Crippen LogP contribution in [0.4, 0.5) is 19.1 Å². The van der Waals surface area contributed by atoms with Gasteiger partial charge in [0, 0.05) is 30.0 Å². The SMILES string of the molecule is Cn1c(N/C=C2/C=CC(Cl)=CC2=N)nc2cc(C(F)(F)F)cnc21. The fourth-order valence-corrected chi connectivity index (χ4v) is 2.33. The van der Waals surface area contributed by atoms with Crippen molar-refractivity contribution >= 4 is 34.4 Å². The van der Waals surface area contributed by atoms with Crippen LogP contribution in [0.2, 0.25) is 0 Å². The lowest BCUT2D eigenvalue weighted by molar-refractivity contribution is -0.137. The van der Waals surface area contributed by atoms with E-state index < -0.39 is 11.7 Å². The molecule has 24 heavy (non-hydrogen) atoms. The Balaban J connectivity index is 1.92. The third-order valence-electron chi connectivity index (χ3n) is 3.41. The van der Waals surface area contributed by atoms with Gasteiger partial charge in [-0.05, 0) is 24.3 Å². The summed E-state index contributed by atoms with van der Waals surface area (Å²) in [6.07, 6.45) is 2.62. The van der Waals surface area contributed by atoms with E-state index in [-0.39, 0.29) is 11.2 Å². The van der Waals surface area contributed by atoms with E-state index in [0.717, 1.165) is 12.3 Å². The Morgan fingerprint density at radius 3 is 2.75 bits per heavy atom. The van der Waals surface area contributed by atoms with Gasteiger partial charge >= 0.3 is 6.18 Å². The highest BCUT2D eigenvalue weighted by atomic mass is 35.5. The van der Waals surface area contributed by atoms with Gasteiger partial charge in [-0.1, -0.05) is 11.6 Å². The van der Waals surface area contributed by atoms with E-state index in [2.05, 4.69) is 15.3 Å². The molecule has 124 valence electrons. The van der Waals surface area contributed by atoms with Crippen molar-refractivity contribution in [1.82, 2.24) is 14.5 Å². The van der Waals surface area contributed by atoms with E-state index in [1.165, 1.54) is 16.8 Å². The molecule has 0 aliphatic heterocycles. The predicted molar refractivity (Wildman–Crippen MR) is 86.0 cm³/mol. The minimum Gasteiger partial charge on any atom is -0.331 e. The minimum absolute atomic E-state index is 0.130. The highest BCUT2D eigenvalue weighted by Gasteiger charge is 2.31. The first kappa shape index (κ1) is 16.3. The number of fused-ring (bicyclic) bond motifs is 1. The summed E-state index contributed by atoms with van der Waals surface area (Å²) in [5.41, 5.74) is 0.378. The Morgan fingerprint density at radius 2 is 2.08 bits per heavy atom. The fourth-order valence-electron chi connectivity index (χ4n) is 2.16. The number of pyridine rings is 1. The van der Waals surface area contributed by atoms with Crippen molar-refractivity contribution in [3.63, 3.8) is 0 Å². The monoisotopic (exact) mass is 353 g/mol. The number of rotatable bonds is 2. The standard InChI is InChI=1S/C15H11ClF3N5/c1-24-13-12(4-9(7-21-13)15(17,18)19)23-14(24)22-6-8-2-3-10(16)5-11(8)20/h2-7,20H,1H3,(H,22,23)/b8-6-,20-11?. The maximum absolute atomic E-state index is 12.7. The zero-order valence-corrected chi connectivity index (χ0v) is 13.1. The Morgan fingerprint density at radius 1 is 1.33 bits per heavy atom. The van der Waals surface area contributed by atoms with Crippen LogP contribution in [0, 0.1) is 5.41 Å². The molecule has 5 nitrogen and oxygen atoms in total. The van der Waals surface area contributed by atoms with Crippen LogP contribution in [0.1, 0.15) is 5.56 Å². The van der Waals surface area contributed by atoms with Gasteiger partial charge in [0.15, 0.2) is 5.65 Å². The second-order valence-corrected chi connectivity index (χ2v) is 5.52. The van der Waals surface area contributed by atoms with Crippen LogP contribution in [0.25, 0.3) is 11.2 Å².